The molecule has 0 saturated heterocycles. The van der Waals surface area contributed by atoms with Crippen molar-refractivity contribution in [2.24, 2.45) is 0 Å². The number of nitrogens with zero attached hydrogens (tertiary/aromatic N) is 1. The van der Waals surface area contributed by atoms with Crippen LogP contribution in [0.1, 0.15) is 5.56 Å². The van der Waals surface area contributed by atoms with Gasteiger partial charge in [0.05, 0.1) is 6.20 Å². The molecule has 0 spiro atoms. The molecule has 0 aliphatic carbocycles. The molecular formula is C12H10BrFN2O2S. The van der Waals surface area contributed by atoms with Crippen molar-refractivity contribution in [3.05, 3.63) is 52.5 Å². The van der Waals surface area contributed by atoms with Gasteiger partial charge in [-0.05, 0) is 30.7 Å². The smallest absolute Gasteiger partial charge is 0.263 e. The minimum absolute atomic E-state index is 0.218. The number of rotatable bonds is 3. The maximum atomic E-state index is 13.0. The Balaban J connectivity index is 2.33. The average molecular weight is 345 g/mol. The minimum Gasteiger partial charge on any atom is -0.280 e. The lowest BCUT2D eigenvalue weighted by Crippen LogP contribution is -2.13. The molecule has 1 aromatic carbocycles. The van der Waals surface area contributed by atoms with Crippen molar-refractivity contribution in [1.29, 1.82) is 0 Å². The van der Waals surface area contributed by atoms with Gasteiger partial charge in [0.15, 0.2) is 0 Å². The molecule has 100 valence electrons. The first kappa shape index (κ1) is 14.0. The Labute approximate surface area is 118 Å². The Kier molecular flexibility index (Phi) is 3.86. The molecule has 0 fully saturated rings. The summed E-state index contributed by atoms with van der Waals surface area (Å²) in [6.45, 7) is 1.89. The highest BCUT2D eigenvalue weighted by Crippen LogP contribution is 2.22. The Hall–Kier alpha value is -1.47. The van der Waals surface area contributed by atoms with E-state index in [-0.39, 0.29) is 4.90 Å². The number of aryl methyl sites for hydroxylation is 1. The molecule has 0 atom stereocenters. The van der Waals surface area contributed by atoms with Gasteiger partial charge < -0.3 is 0 Å². The summed E-state index contributed by atoms with van der Waals surface area (Å²) in [4.78, 5) is 3.30. The molecule has 0 bridgehead atoms. The van der Waals surface area contributed by atoms with Crippen molar-refractivity contribution in [3.63, 3.8) is 0 Å². The van der Waals surface area contributed by atoms with Gasteiger partial charge in [0.1, 0.15) is 10.7 Å². The standard InChI is InChI=1S/C12H10BrFN2O2S/c1-8-2-3-10(5-12(8)13)16-19(17,18)11-4-9(14)6-15-7-11/h2-7,16H,1H3. The summed E-state index contributed by atoms with van der Waals surface area (Å²) >= 11 is 3.31. The van der Waals surface area contributed by atoms with Crippen LogP contribution in [0.4, 0.5) is 10.1 Å². The van der Waals surface area contributed by atoms with E-state index < -0.39 is 15.8 Å². The van der Waals surface area contributed by atoms with Crippen LogP contribution in [-0.2, 0) is 10.0 Å². The molecule has 2 rings (SSSR count). The zero-order valence-corrected chi connectivity index (χ0v) is 12.3. The number of pyridine rings is 1. The number of benzene rings is 1. The Morgan fingerprint density at radius 2 is 2.00 bits per heavy atom. The van der Waals surface area contributed by atoms with Crippen LogP contribution in [0.2, 0.25) is 0 Å². The number of hydrogen-bond donors (Lipinski definition) is 1. The first-order chi connectivity index (χ1) is 8.88. The van der Waals surface area contributed by atoms with Gasteiger partial charge in [0.25, 0.3) is 10.0 Å². The highest BCUT2D eigenvalue weighted by atomic mass is 79.9. The highest BCUT2D eigenvalue weighted by Gasteiger charge is 2.15. The molecule has 1 heterocycles. The van der Waals surface area contributed by atoms with Gasteiger partial charge in [-0.1, -0.05) is 22.0 Å². The van der Waals surface area contributed by atoms with E-state index in [1.165, 1.54) is 0 Å². The lowest BCUT2D eigenvalue weighted by molar-refractivity contribution is 0.592. The molecule has 19 heavy (non-hydrogen) atoms. The number of sulfonamides is 1. The van der Waals surface area contributed by atoms with Crippen LogP contribution < -0.4 is 4.72 Å². The summed E-state index contributed by atoms with van der Waals surface area (Å²) < 4.78 is 40.2. The molecule has 0 amide bonds. The summed E-state index contributed by atoms with van der Waals surface area (Å²) in [5, 5.41) is 0. The van der Waals surface area contributed by atoms with Gasteiger partial charge >= 0.3 is 0 Å². The largest absolute Gasteiger partial charge is 0.280 e. The normalized spacial score (nSPS) is 11.3. The SMILES string of the molecule is Cc1ccc(NS(=O)(=O)c2cncc(F)c2)cc1Br. The summed E-state index contributed by atoms with van der Waals surface area (Å²) in [6.07, 6.45) is 2.04. The molecule has 0 aliphatic rings. The Morgan fingerprint density at radius 3 is 2.63 bits per heavy atom. The zero-order chi connectivity index (χ0) is 14.0. The van der Waals surface area contributed by atoms with Crippen molar-refractivity contribution in [1.82, 2.24) is 4.98 Å². The van der Waals surface area contributed by atoms with Crippen LogP contribution in [0.15, 0.2) is 46.0 Å². The van der Waals surface area contributed by atoms with Crippen molar-refractivity contribution in [3.8, 4) is 0 Å². The second-order valence-electron chi connectivity index (χ2n) is 3.91. The van der Waals surface area contributed by atoms with Gasteiger partial charge in [-0.25, -0.2) is 12.8 Å². The highest BCUT2D eigenvalue weighted by molar-refractivity contribution is 9.10. The zero-order valence-electron chi connectivity index (χ0n) is 9.89. The maximum Gasteiger partial charge on any atom is 0.263 e. The first-order valence-corrected chi connectivity index (χ1v) is 7.55. The predicted octanol–water partition coefficient (Wildman–Crippen LogP) is 3.09. The second-order valence-corrected chi connectivity index (χ2v) is 6.45. The lowest BCUT2D eigenvalue weighted by Gasteiger charge is -2.09. The number of halogens is 2. The molecular weight excluding hydrogens is 335 g/mol. The van der Waals surface area contributed by atoms with Gasteiger partial charge in [0.2, 0.25) is 0 Å². The molecule has 1 N–H and O–H groups in total. The van der Waals surface area contributed by atoms with Crippen molar-refractivity contribution >= 4 is 31.6 Å². The van der Waals surface area contributed by atoms with Crippen molar-refractivity contribution in [2.75, 3.05) is 4.72 Å². The van der Waals surface area contributed by atoms with Crippen LogP contribution in [0.5, 0.6) is 0 Å². The summed E-state index contributed by atoms with van der Waals surface area (Å²) in [5.74, 6) is -0.701. The monoisotopic (exact) mass is 344 g/mol. The fraction of sp³-hybridized carbons (Fsp3) is 0.0833. The average Bonchev–Trinajstić information content (AvgIpc) is 2.33. The topological polar surface area (TPSA) is 59.1 Å². The fourth-order valence-corrected chi connectivity index (χ4v) is 2.81. The van der Waals surface area contributed by atoms with E-state index >= 15 is 0 Å². The third-order valence-electron chi connectivity index (χ3n) is 2.41. The second kappa shape index (κ2) is 5.26. The van der Waals surface area contributed by atoms with Crippen LogP contribution >= 0.6 is 15.9 Å². The molecule has 0 saturated carbocycles. The Bertz CT molecular complexity index is 719. The van der Waals surface area contributed by atoms with Gasteiger partial charge in [-0.3, -0.25) is 9.71 Å². The van der Waals surface area contributed by atoms with Crippen LogP contribution in [-0.4, -0.2) is 13.4 Å². The predicted molar refractivity (Wildman–Crippen MR) is 73.9 cm³/mol. The lowest BCUT2D eigenvalue weighted by atomic mass is 10.2. The fourth-order valence-electron chi connectivity index (χ4n) is 1.41. The molecule has 1 aromatic heterocycles. The van der Waals surface area contributed by atoms with E-state index in [2.05, 4.69) is 25.6 Å². The summed E-state index contributed by atoms with van der Waals surface area (Å²) in [5.41, 5.74) is 1.37. The summed E-state index contributed by atoms with van der Waals surface area (Å²) in [7, 11) is -3.84. The first-order valence-electron chi connectivity index (χ1n) is 5.28. The Morgan fingerprint density at radius 1 is 1.26 bits per heavy atom. The number of hydrogen-bond acceptors (Lipinski definition) is 3. The molecule has 7 heteroatoms. The molecule has 4 nitrogen and oxygen atoms in total. The van der Waals surface area contributed by atoms with E-state index in [0.717, 1.165) is 28.5 Å². The summed E-state index contributed by atoms with van der Waals surface area (Å²) in [6, 6.07) is 5.95. The van der Waals surface area contributed by atoms with Crippen LogP contribution in [0.25, 0.3) is 0 Å². The van der Waals surface area contributed by atoms with Crippen molar-refractivity contribution in [2.45, 2.75) is 11.8 Å². The van der Waals surface area contributed by atoms with Gasteiger partial charge in [-0.15, -0.1) is 0 Å². The van der Waals surface area contributed by atoms with E-state index in [1.54, 1.807) is 18.2 Å². The minimum atomic E-state index is -3.84. The molecule has 0 unspecified atom stereocenters. The maximum absolute atomic E-state index is 13.0. The molecule has 2 aromatic rings. The van der Waals surface area contributed by atoms with Crippen molar-refractivity contribution < 1.29 is 12.8 Å². The molecule has 0 aliphatic heterocycles. The number of nitrogens with one attached hydrogen (secondary N) is 1. The van der Waals surface area contributed by atoms with Crippen LogP contribution in [0, 0.1) is 12.7 Å². The number of anilines is 1. The van der Waals surface area contributed by atoms with E-state index in [4.69, 9.17) is 0 Å². The van der Waals surface area contributed by atoms with E-state index in [1.807, 2.05) is 6.92 Å². The van der Waals surface area contributed by atoms with Gasteiger partial charge in [0, 0.05) is 16.4 Å². The van der Waals surface area contributed by atoms with Crippen LogP contribution in [0.3, 0.4) is 0 Å². The third-order valence-corrected chi connectivity index (χ3v) is 4.62. The quantitative estimate of drug-likeness (QED) is 0.930. The molecule has 0 radical (unpaired) electrons. The van der Waals surface area contributed by atoms with E-state index in [0.29, 0.717) is 5.69 Å². The van der Waals surface area contributed by atoms with E-state index in [9.17, 15) is 12.8 Å². The van der Waals surface area contributed by atoms with Gasteiger partial charge in [-0.2, -0.15) is 0 Å². The third kappa shape index (κ3) is 3.30. The number of aromatic nitrogens is 1.